The van der Waals surface area contributed by atoms with Gasteiger partial charge in [-0.2, -0.15) is 5.26 Å². The minimum absolute atomic E-state index is 0.222. The molecule has 0 saturated carbocycles. The molecular weight excluding hydrogens is 385 g/mol. The van der Waals surface area contributed by atoms with Gasteiger partial charge < -0.3 is 19.7 Å². The van der Waals surface area contributed by atoms with Gasteiger partial charge in [-0.3, -0.25) is 9.80 Å². The number of nitriles is 1. The first-order chi connectivity index (χ1) is 13.5. The third-order valence-corrected chi connectivity index (χ3v) is 5.09. The number of hydrogen-bond acceptors (Lipinski definition) is 7. The number of benzene rings is 1. The highest BCUT2D eigenvalue weighted by Crippen LogP contribution is 2.28. The zero-order valence-electron chi connectivity index (χ0n) is 15.6. The van der Waals surface area contributed by atoms with E-state index in [0.29, 0.717) is 57.2 Å². The molecule has 0 radical (unpaired) electrons. The van der Waals surface area contributed by atoms with Crippen molar-refractivity contribution in [1.82, 2.24) is 10.2 Å². The molecule has 1 atom stereocenters. The van der Waals surface area contributed by atoms with Crippen LogP contribution < -0.4 is 15.1 Å². The maximum atomic E-state index is 14.7. The third kappa shape index (κ3) is 4.61. The van der Waals surface area contributed by atoms with Gasteiger partial charge in [0.25, 0.3) is 5.17 Å². The number of amides is 1. The lowest BCUT2D eigenvalue weighted by atomic mass is 10.2. The number of cyclic esters (lactones) is 1. The second-order valence-corrected chi connectivity index (χ2v) is 6.92. The Bertz CT molecular complexity index is 779. The van der Waals surface area contributed by atoms with E-state index < -0.39 is 12.2 Å². The van der Waals surface area contributed by atoms with Crippen molar-refractivity contribution in [1.29, 1.82) is 5.26 Å². The van der Waals surface area contributed by atoms with E-state index in [1.807, 2.05) is 9.80 Å². The summed E-state index contributed by atoms with van der Waals surface area (Å²) >= 11 is 4.90. The average molecular weight is 407 g/mol. The number of carbonyl (C=O) groups excluding carboxylic acids is 1. The Morgan fingerprint density at radius 3 is 2.82 bits per heavy atom. The molecule has 8 nitrogen and oxygen atoms in total. The smallest absolute Gasteiger partial charge is 0.414 e. The number of rotatable bonds is 5. The number of methoxy groups -OCH3 is 1. The van der Waals surface area contributed by atoms with Gasteiger partial charge in [-0.25, -0.2) is 9.18 Å². The standard InChI is InChI=1S/C18H22FN5O3S/c1-26-17(28)21-11-14-12-24(18(25)27-14)13-2-3-16(15(19)10-13)23-8-6-22(5-4-20)7-9-23/h2-3,10,14H,5-9,11-12H2,1H3,(H,21,28)/t14-/m0/s1. The molecule has 2 heterocycles. The zero-order valence-corrected chi connectivity index (χ0v) is 16.4. The molecule has 1 aromatic carbocycles. The van der Waals surface area contributed by atoms with Crippen LogP contribution in [0.1, 0.15) is 0 Å². The Balaban J connectivity index is 1.62. The Morgan fingerprint density at radius 1 is 1.43 bits per heavy atom. The molecule has 0 spiro atoms. The van der Waals surface area contributed by atoms with Gasteiger partial charge in [-0.1, -0.05) is 0 Å². The van der Waals surface area contributed by atoms with E-state index in [2.05, 4.69) is 11.4 Å². The van der Waals surface area contributed by atoms with Gasteiger partial charge in [0.1, 0.15) is 11.9 Å². The van der Waals surface area contributed by atoms with Crippen molar-refractivity contribution in [3.63, 3.8) is 0 Å². The Kier molecular flexibility index (Phi) is 6.49. The van der Waals surface area contributed by atoms with E-state index in [4.69, 9.17) is 27.0 Å². The lowest BCUT2D eigenvalue weighted by molar-refractivity contribution is 0.142. The van der Waals surface area contributed by atoms with Crippen LogP contribution in [0, 0.1) is 17.1 Å². The highest BCUT2D eigenvalue weighted by molar-refractivity contribution is 7.80. The number of carbonyl (C=O) groups is 1. The third-order valence-electron chi connectivity index (χ3n) is 4.78. The van der Waals surface area contributed by atoms with Crippen LogP contribution in [0.4, 0.5) is 20.6 Å². The molecule has 1 aromatic rings. The first-order valence-electron chi connectivity index (χ1n) is 8.95. The molecule has 1 amide bonds. The number of piperazine rings is 1. The van der Waals surface area contributed by atoms with Crippen molar-refractivity contribution < 1.29 is 18.7 Å². The fourth-order valence-electron chi connectivity index (χ4n) is 3.28. The van der Waals surface area contributed by atoms with Gasteiger partial charge in [0.15, 0.2) is 0 Å². The van der Waals surface area contributed by atoms with E-state index in [1.165, 1.54) is 18.1 Å². The molecule has 10 heteroatoms. The minimum Gasteiger partial charge on any atom is -0.474 e. The second-order valence-electron chi connectivity index (χ2n) is 6.55. The quantitative estimate of drug-likeness (QED) is 0.578. The first kappa shape index (κ1) is 20.1. The van der Waals surface area contributed by atoms with Gasteiger partial charge in [-0.15, -0.1) is 0 Å². The fourth-order valence-corrected chi connectivity index (χ4v) is 3.36. The van der Waals surface area contributed by atoms with Crippen LogP contribution in [0.15, 0.2) is 18.2 Å². The van der Waals surface area contributed by atoms with E-state index in [0.717, 1.165) is 0 Å². The van der Waals surface area contributed by atoms with Crippen molar-refractivity contribution >= 4 is 34.9 Å². The molecule has 1 N–H and O–H groups in total. The molecule has 2 aliphatic heterocycles. The summed E-state index contributed by atoms with van der Waals surface area (Å²) in [5.41, 5.74) is 0.947. The monoisotopic (exact) mass is 407 g/mol. The lowest BCUT2D eigenvalue weighted by Crippen LogP contribution is -2.46. The Hall–Kier alpha value is -2.64. The minimum atomic E-state index is -0.521. The molecule has 2 aliphatic rings. The number of thiocarbonyl (C=S) groups is 1. The zero-order chi connectivity index (χ0) is 20.1. The highest BCUT2D eigenvalue weighted by Gasteiger charge is 2.33. The predicted octanol–water partition coefficient (Wildman–Crippen LogP) is 1.32. The van der Waals surface area contributed by atoms with Crippen molar-refractivity contribution in [3.8, 4) is 6.07 Å². The number of anilines is 2. The van der Waals surface area contributed by atoms with Crippen molar-refractivity contribution in [3.05, 3.63) is 24.0 Å². The van der Waals surface area contributed by atoms with Crippen LogP contribution in [0.3, 0.4) is 0 Å². The molecule has 0 unspecified atom stereocenters. The largest absolute Gasteiger partial charge is 0.474 e. The Morgan fingerprint density at radius 2 is 2.18 bits per heavy atom. The number of ether oxygens (including phenoxy) is 2. The van der Waals surface area contributed by atoms with E-state index in [1.54, 1.807) is 12.1 Å². The van der Waals surface area contributed by atoms with Crippen molar-refractivity contribution in [2.75, 3.05) is 62.7 Å². The molecule has 28 heavy (non-hydrogen) atoms. The number of nitrogens with zero attached hydrogens (tertiary/aromatic N) is 4. The van der Waals surface area contributed by atoms with E-state index >= 15 is 0 Å². The van der Waals surface area contributed by atoms with Crippen LogP contribution in [0.25, 0.3) is 0 Å². The van der Waals surface area contributed by atoms with Gasteiger partial charge in [-0.05, 0) is 30.4 Å². The molecular formula is C18H22FN5O3S. The molecule has 2 fully saturated rings. The first-order valence-corrected chi connectivity index (χ1v) is 9.36. The average Bonchev–Trinajstić information content (AvgIpc) is 3.07. The van der Waals surface area contributed by atoms with Crippen molar-refractivity contribution in [2.24, 2.45) is 0 Å². The summed E-state index contributed by atoms with van der Waals surface area (Å²) in [6.45, 7) is 3.73. The maximum Gasteiger partial charge on any atom is 0.414 e. The van der Waals surface area contributed by atoms with Crippen LogP contribution in [-0.2, 0) is 9.47 Å². The molecule has 3 rings (SSSR count). The van der Waals surface area contributed by atoms with Crippen LogP contribution in [-0.4, -0.2) is 75.2 Å². The number of halogens is 1. The molecule has 2 saturated heterocycles. The molecule has 0 bridgehead atoms. The molecule has 0 aliphatic carbocycles. The summed E-state index contributed by atoms with van der Waals surface area (Å²) in [4.78, 5) is 17.5. The highest BCUT2D eigenvalue weighted by atomic mass is 32.1. The SMILES string of the molecule is COC(=S)NC[C@H]1CN(c2ccc(N3CCN(CC#N)CC3)c(F)c2)C(=O)O1. The van der Waals surface area contributed by atoms with Crippen LogP contribution in [0.2, 0.25) is 0 Å². The molecule has 0 aromatic heterocycles. The number of hydrogen-bond donors (Lipinski definition) is 1. The van der Waals surface area contributed by atoms with Gasteiger partial charge in [0.2, 0.25) is 0 Å². The van der Waals surface area contributed by atoms with Gasteiger partial charge in [0.05, 0.1) is 44.2 Å². The van der Waals surface area contributed by atoms with Crippen molar-refractivity contribution in [2.45, 2.75) is 6.10 Å². The topological polar surface area (TPSA) is 81.1 Å². The molecule has 150 valence electrons. The summed E-state index contributed by atoms with van der Waals surface area (Å²) in [6, 6.07) is 6.89. The van der Waals surface area contributed by atoms with E-state index in [9.17, 15) is 9.18 Å². The fraction of sp³-hybridized carbons (Fsp3) is 0.500. The normalized spacial score (nSPS) is 19.9. The maximum absolute atomic E-state index is 14.7. The summed E-state index contributed by atoms with van der Waals surface area (Å²) in [6.07, 6.45) is -0.927. The second kappa shape index (κ2) is 9.03. The van der Waals surface area contributed by atoms with Gasteiger partial charge >= 0.3 is 6.09 Å². The summed E-state index contributed by atoms with van der Waals surface area (Å²) in [5, 5.41) is 11.8. The summed E-state index contributed by atoms with van der Waals surface area (Å²) in [5.74, 6) is -0.388. The lowest BCUT2D eigenvalue weighted by Gasteiger charge is -2.35. The summed E-state index contributed by atoms with van der Waals surface area (Å²) in [7, 11) is 1.45. The Labute approximate surface area is 168 Å². The number of nitrogens with one attached hydrogen (secondary N) is 1. The van der Waals surface area contributed by atoms with E-state index in [-0.39, 0.29) is 11.0 Å². The van der Waals surface area contributed by atoms with Gasteiger partial charge in [0, 0.05) is 26.2 Å². The predicted molar refractivity (Wildman–Crippen MR) is 106 cm³/mol. The summed E-state index contributed by atoms with van der Waals surface area (Å²) < 4.78 is 24.9. The van der Waals surface area contributed by atoms with Crippen LogP contribution in [0.5, 0.6) is 0 Å². The van der Waals surface area contributed by atoms with Crippen LogP contribution >= 0.6 is 12.2 Å².